The van der Waals surface area contributed by atoms with Gasteiger partial charge >= 0.3 is 0 Å². The SMILES string of the molecule is CC(=O)c1c(C)c(-c2c(C)cc(C)c(=S)n2C)nn1C. The molecule has 20 heavy (non-hydrogen) atoms. The van der Waals surface area contributed by atoms with E-state index in [0.29, 0.717) is 5.69 Å². The van der Waals surface area contributed by atoms with E-state index < -0.39 is 0 Å². The third kappa shape index (κ3) is 2.12. The highest BCUT2D eigenvalue weighted by Gasteiger charge is 2.20. The van der Waals surface area contributed by atoms with Gasteiger partial charge in [0.15, 0.2) is 5.78 Å². The van der Waals surface area contributed by atoms with Gasteiger partial charge in [-0.15, -0.1) is 0 Å². The van der Waals surface area contributed by atoms with E-state index in [4.69, 9.17) is 12.2 Å². The standard InChI is InChI=1S/C15H19N3OS/c1-8-7-9(2)15(20)17(5)13(8)12-10(3)14(11(4)19)18(6)16-12/h7H,1-6H3. The molecule has 4 nitrogen and oxygen atoms in total. The zero-order valence-corrected chi connectivity index (χ0v) is 13.6. The minimum Gasteiger partial charge on any atom is -0.333 e. The maximum absolute atomic E-state index is 11.7. The van der Waals surface area contributed by atoms with Crippen LogP contribution < -0.4 is 0 Å². The molecule has 0 saturated carbocycles. The molecule has 2 aromatic rings. The van der Waals surface area contributed by atoms with Gasteiger partial charge in [0.1, 0.15) is 16.0 Å². The van der Waals surface area contributed by atoms with Crippen LogP contribution in [0.5, 0.6) is 0 Å². The maximum Gasteiger partial charge on any atom is 0.178 e. The minimum absolute atomic E-state index is 0.0229. The molecule has 0 unspecified atom stereocenters. The number of ketones is 1. The fourth-order valence-corrected chi connectivity index (χ4v) is 2.93. The molecule has 2 aromatic heterocycles. The van der Waals surface area contributed by atoms with Gasteiger partial charge in [0.05, 0.1) is 5.69 Å². The molecule has 0 aliphatic heterocycles. The molecule has 0 N–H and O–H groups in total. The van der Waals surface area contributed by atoms with Crippen molar-refractivity contribution < 1.29 is 4.79 Å². The lowest BCUT2D eigenvalue weighted by Gasteiger charge is -2.13. The van der Waals surface area contributed by atoms with E-state index in [0.717, 1.165) is 32.7 Å². The van der Waals surface area contributed by atoms with Crippen molar-refractivity contribution in [1.82, 2.24) is 14.3 Å². The van der Waals surface area contributed by atoms with Crippen LogP contribution in [-0.4, -0.2) is 20.1 Å². The molecule has 2 heterocycles. The average Bonchev–Trinajstić information content (AvgIpc) is 2.62. The van der Waals surface area contributed by atoms with Crippen LogP contribution >= 0.6 is 12.2 Å². The zero-order chi connectivity index (χ0) is 15.2. The first-order valence-electron chi connectivity index (χ1n) is 6.47. The Morgan fingerprint density at radius 2 is 1.80 bits per heavy atom. The largest absolute Gasteiger partial charge is 0.333 e. The maximum atomic E-state index is 11.7. The predicted molar refractivity (Wildman–Crippen MR) is 82.7 cm³/mol. The number of aromatic nitrogens is 3. The lowest BCUT2D eigenvalue weighted by atomic mass is 10.0. The van der Waals surface area contributed by atoms with Crippen molar-refractivity contribution in [3.05, 3.63) is 33.1 Å². The number of hydrogen-bond donors (Lipinski definition) is 0. The van der Waals surface area contributed by atoms with E-state index in [1.54, 1.807) is 18.7 Å². The summed E-state index contributed by atoms with van der Waals surface area (Å²) in [6.07, 6.45) is 0. The first kappa shape index (κ1) is 14.7. The molecule has 0 aliphatic carbocycles. The summed E-state index contributed by atoms with van der Waals surface area (Å²) in [6.45, 7) is 7.54. The molecule has 0 spiro atoms. The highest BCUT2D eigenvalue weighted by atomic mass is 32.1. The Labute approximate surface area is 124 Å². The van der Waals surface area contributed by atoms with Gasteiger partial charge in [0.2, 0.25) is 0 Å². The Morgan fingerprint density at radius 1 is 1.20 bits per heavy atom. The number of rotatable bonds is 2. The summed E-state index contributed by atoms with van der Waals surface area (Å²) >= 11 is 5.44. The molecule has 0 bridgehead atoms. The molecule has 5 heteroatoms. The van der Waals surface area contributed by atoms with E-state index in [1.807, 2.05) is 32.4 Å². The van der Waals surface area contributed by atoms with Gasteiger partial charge in [-0.1, -0.05) is 18.3 Å². The quantitative estimate of drug-likeness (QED) is 0.629. The highest BCUT2D eigenvalue weighted by molar-refractivity contribution is 7.71. The fourth-order valence-electron chi connectivity index (χ4n) is 2.78. The van der Waals surface area contributed by atoms with Crippen LogP contribution in [0.25, 0.3) is 11.4 Å². The molecule has 0 radical (unpaired) electrons. The molecule has 0 aromatic carbocycles. The van der Waals surface area contributed by atoms with Crippen LogP contribution in [-0.2, 0) is 14.1 Å². The highest BCUT2D eigenvalue weighted by Crippen LogP contribution is 2.28. The number of hydrogen-bond acceptors (Lipinski definition) is 3. The van der Waals surface area contributed by atoms with Gasteiger partial charge in [-0.3, -0.25) is 9.48 Å². The smallest absolute Gasteiger partial charge is 0.178 e. The van der Waals surface area contributed by atoms with Gasteiger partial charge < -0.3 is 4.57 Å². The molecule has 106 valence electrons. The normalized spacial score (nSPS) is 10.9. The Bertz CT molecular complexity index is 768. The molecule has 2 rings (SSSR count). The molecule has 0 atom stereocenters. The van der Waals surface area contributed by atoms with Crippen molar-refractivity contribution >= 4 is 18.0 Å². The molecule has 0 saturated heterocycles. The molecule has 0 fully saturated rings. The summed E-state index contributed by atoms with van der Waals surface area (Å²) in [5.41, 5.74) is 5.52. The van der Waals surface area contributed by atoms with Crippen LogP contribution in [0.15, 0.2) is 6.07 Å². The minimum atomic E-state index is 0.0229. The van der Waals surface area contributed by atoms with Crippen molar-refractivity contribution in [3.8, 4) is 11.4 Å². The summed E-state index contributed by atoms with van der Waals surface area (Å²) in [5, 5.41) is 4.52. The van der Waals surface area contributed by atoms with E-state index in [2.05, 4.69) is 11.2 Å². The molecular formula is C15H19N3OS. The number of carbonyl (C=O) groups is 1. The third-order valence-corrected chi connectivity index (χ3v) is 4.22. The van der Waals surface area contributed by atoms with Gasteiger partial charge in [-0.2, -0.15) is 5.10 Å². The second-order valence-corrected chi connectivity index (χ2v) is 5.61. The first-order valence-corrected chi connectivity index (χ1v) is 6.88. The number of carbonyl (C=O) groups excluding carboxylic acids is 1. The van der Waals surface area contributed by atoms with Gasteiger partial charge in [0, 0.05) is 26.6 Å². The Balaban J connectivity index is 2.83. The van der Waals surface area contributed by atoms with E-state index in [9.17, 15) is 4.79 Å². The third-order valence-electron chi connectivity index (χ3n) is 3.63. The second-order valence-electron chi connectivity index (χ2n) is 5.23. The Hall–Kier alpha value is -1.75. The number of Topliss-reactive ketones (excluding diaryl/α,β-unsaturated/α-hetero) is 1. The van der Waals surface area contributed by atoms with Crippen LogP contribution in [0.1, 0.15) is 34.1 Å². The van der Waals surface area contributed by atoms with Crippen molar-refractivity contribution in [1.29, 1.82) is 0 Å². The lowest BCUT2D eigenvalue weighted by Crippen LogP contribution is -2.04. The Morgan fingerprint density at radius 3 is 2.30 bits per heavy atom. The second kappa shape index (κ2) is 4.98. The topological polar surface area (TPSA) is 39.8 Å². The fraction of sp³-hybridized carbons (Fsp3) is 0.400. The first-order chi connectivity index (χ1) is 9.25. The van der Waals surface area contributed by atoms with Crippen molar-refractivity contribution in [2.75, 3.05) is 0 Å². The Kier molecular flexibility index (Phi) is 3.65. The van der Waals surface area contributed by atoms with Crippen molar-refractivity contribution in [2.45, 2.75) is 27.7 Å². The van der Waals surface area contributed by atoms with E-state index >= 15 is 0 Å². The average molecular weight is 289 g/mol. The zero-order valence-electron chi connectivity index (χ0n) is 12.7. The van der Waals surface area contributed by atoms with Crippen LogP contribution in [0.3, 0.4) is 0 Å². The number of aryl methyl sites for hydroxylation is 3. The number of nitrogens with zero attached hydrogens (tertiary/aromatic N) is 3. The van der Waals surface area contributed by atoms with Gasteiger partial charge in [-0.05, 0) is 31.9 Å². The lowest BCUT2D eigenvalue weighted by molar-refractivity contribution is 0.100. The summed E-state index contributed by atoms with van der Waals surface area (Å²) in [5.74, 6) is 0.0229. The number of pyridine rings is 1. The monoisotopic (exact) mass is 289 g/mol. The summed E-state index contributed by atoms with van der Waals surface area (Å²) in [4.78, 5) is 11.7. The van der Waals surface area contributed by atoms with Crippen molar-refractivity contribution in [3.63, 3.8) is 0 Å². The van der Waals surface area contributed by atoms with Crippen LogP contribution in [0.2, 0.25) is 0 Å². The van der Waals surface area contributed by atoms with E-state index in [1.165, 1.54) is 0 Å². The molecule has 0 aliphatic rings. The predicted octanol–water partition coefficient (Wildman–Crippen LogP) is 3.28. The van der Waals surface area contributed by atoms with Gasteiger partial charge in [-0.25, -0.2) is 0 Å². The van der Waals surface area contributed by atoms with Gasteiger partial charge in [0.25, 0.3) is 0 Å². The molecular weight excluding hydrogens is 270 g/mol. The van der Waals surface area contributed by atoms with Crippen LogP contribution in [0, 0.1) is 25.4 Å². The molecule has 0 amide bonds. The summed E-state index contributed by atoms with van der Waals surface area (Å²) in [6, 6.07) is 2.07. The van der Waals surface area contributed by atoms with Crippen LogP contribution in [0.4, 0.5) is 0 Å². The van der Waals surface area contributed by atoms with Crippen molar-refractivity contribution in [2.24, 2.45) is 14.1 Å². The summed E-state index contributed by atoms with van der Waals surface area (Å²) in [7, 11) is 3.74. The van der Waals surface area contributed by atoms with E-state index in [-0.39, 0.29) is 5.78 Å². The summed E-state index contributed by atoms with van der Waals surface area (Å²) < 4.78 is 4.41.